The standard InChI is InChI=1S/C16H23BrN2O/c1-11-5-4-8-16(18,10-11)15(20)19-12(2)13-6-3-7-14(17)9-13/h3,6-7,9,11-12H,4-5,8,10,18H2,1-2H3,(H,19,20). The van der Waals surface area contributed by atoms with E-state index in [1.165, 1.54) is 6.42 Å². The van der Waals surface area contributed by atoms with Crippen LogP contribution in [0.3, 0.4) is 0 Å². The summed E-state index contributed by atoms with van der Waals surface area (Å²) < 4.78 is 1.02. The molecule has 1 saturated carbocycles. The van der Waals surface area contributed by atoms with Crippen molar-refractivity contribution in [3.05, 3.63) is 34.3 Å². The van der Waals surface area contributed by atoms with Gasteiger partial charge in [-0.25, -0.2) is 0 Å². The van der Waals surface area contributed by atoms with Crippen LogP contribution in [-0.4, -0.2) is 11.4 Å². The van der Waals surface area contributed by atoms with Crippen LogP contribution in [-0.2, 0) is 4.79 Å². The van der Waals surface area contributed by atoms with Crippen molar-refractivity contribution in [1.29, 1.82) is 0 Å². The number of carbonyl (C=O) groups is 1. The number of amides is 1. The number of hydrogen-bond donors (Lipinski definition) is 2. The molecule has 1 fully saturated rings. The Morgan fingerprint density at radius 1 is 1.55 bits per heavy atom. The molecule has 0 heterocycles. The van der Waals surface area contributed by atoms with Crippen LogP contribution in [0.1, 0.15) is 51.1 Å². The Hall–Kier alpha value is -0.870. The number of nitrogens with two attached hydrogens (primary N) is 1. The molecule has 1 aromatic rings. The molecule has 4 heteroatoms. The molecule has 0 aliphatic heterocycles. The smallest absolute Gasteiger partial charge is 0.240 e. The zero-order chi connectivity index (χ0) is 14.8. The summed E-state index contributed by atoms with van der Waals surface area (Å²) in [5, 5.41) is 3.07. The van der Waals surface area contributed by atoms with E-state index in [0.717, 1.165) is 29.3 Å². The topological polar surface area (TPSA) is 55.1 Å². The molecule has 0 aromatic heterocycles. The number of halogens is 1. The van der Waals surface area contributed by atoms with Gasteiger partial charge in [-0.3, -0.25) is 4.79 Å². The third-order valence-electron chi connectivity index (χ3n) is 4.18. The fourth-order valence-corrected chi connectivity index (χ4v) is 3.41. The fourth-order valence-electron chi connectivity index (χ4n) is 3.00. The van der Waals surface area contributed by atoms with Gasteiger partial charge in [0.1, 0.15) is 0 Å². The van der Waals surface area contributed by atoms with Crippen molar-refractivity contribution >= 4 is 21.8 Å². The van der Waals surface area contributed by atoms with Gasteiger partial charge in [-0.05, 0) is 43.4 Å². The Balaban J connectivity index is 2.03. The molecule has 20 heavy (non-hydrogen) atoms. The number of hydrogen-bond acceptors (Lipinski definition) is 2. The molecule has 110 valence electrons. The first kappa shape index (κ1) is 15.5. The minimum absolute atomic E-state index is 0.0171. The number of nitrogens with one attached hydrogen (secondary N) is 1. The first-order chi connectivity index (χ1) is 9.40. The summed E-state index contributed by atoms with van der Waals surface area (Å²) in [5.74, 6) is 0.511. The van der Waals surface area contributed by atoms with Gasteiger partial charge in [0.2, 0.25) is 5.91 Å². The van der Waals surface area contributed by atoms with Crippen molar-refractivity contribution < 1.29 is 4.79 Å². The normalized spacial score (nSPS) is 27.9. The van der Waals surface area contributed by atoms with Crippen molar-refractivity contribution in [3.8, 4) is 0 Å². The molecule has 3 nitrogen and oxygen atoms in total. The maximum atomic E-state index is 12.5. The molecule has 0 saturated heterocycles. The lowest BCUT2D eigenvalue weighted by Gasteiger charge is -2.36. The van der Waals surface area contributed by atoms with E-state index >= 15 is 0 Å². The Kier molecular flexibility index (Phi) is 4.86. The first-order valence-corrected chi connectivity index (χ1v) is 8.05. The van der Waals surface area contributed by atoms with Crippen LogP contribution in [0.5, 0.6) is 0 Å². The highest BCUT2D eigenvalue weighted by atomic mass is 79.9. The van der Waals surface area contributed by atoms with Crippen molar-refractivity contribution in [3.63, 3.8) is 0 Å². The molecule has 0 bridgehead atoms. The van der Waals surface area contributed by atoms with Crippen molar-refractivity contribution in [2.45, 2.75) is 51.1 Å². The Morgan fingerprint density at radius 3 is 2.95 bits per heavy atom. The predicted molar refractivity (Wildman–Crippen MR) is 85.3 cm³/mol. The quantitative estimate of drug-likeness (QED) is 0.885. The van der Waals surface area contributed by atoms with Gasteiger partial charge in [0.05, 0.1) is 11.6 Å². The minimum Gasteiger partial charge on any atom is -0.348 e. The Labute approximate surface area is 129 Å². The van der Waals surface area contributed by atoms with Crippen molar-refractivity contribution in [1.82, 2.24) is 5.32 Å². The summed E-state index contributed by atoms with van der Waals surface area (Å²) >= 11 is 3.45. The first-order valence-electron chi connectivity index (χ1n) is 7.26. The molecular weight excluding hydrogens is 316 g/mol. The van der Waals surface area contributed by atoms with Crippen LogP contribution in [0, 0.1) is 5.92 Å². The van der Waals surface area contributed by atoms with E-state index in [9.17, 15) is 4.79 Å². The van der Waals surface area contributed by atoms with Crippen molar-refractivity contribution in [2.75, 3.05) is 0 Å². The van der Waals surface area contributed by atoms with Crippen molar-refractivity contribution in [2.24, 2.45) is 11.7 Å². The van der Waals surface area contributed by atoms with Gasteiger partial charge in [0.25, 0.3) is 0 Å². The molecule has 2 rings (SSSR count). The van der Waals surface area contributed by atoms with Crippen LogP contribution in [0.4, 0.5) is 0 Å². The van der Waals surface area contributed by atoms with Crippen LogP contribution >= 0.6 is 15.9 Å². The van der Waals surface area contributed by atoms with Gasteiger partial charge < -0.3 is 11.1 Å². The van der Waals surface area contributed by atoms with E-state index in [0.29, 0.717) is 5.92 Å². The van der Waals surface area contributed by atoms with Gasteiger partial charge >= 0.3 is 0 Å². The fraction of sp³-hybridized carbons (Fsp3) is 0.562. The second-order valence-corrected chi connectivity index (χ2v) is 7.02. The van der Waals surface area contributed by atoms with Gasteiger partial charge in [-0.1, -0.05) is 47.8 Å². The van der Waals surface area contributed by atoms with Crippen LogP contribution in [0.25, 0.3) is 0 Å². The summed E-state index contributed by atoms with van der Waals surface area (Å²) in [6, 6.07) is 7.96. The lowest BCUT2D eigenvalue weighted by atomic mass is 9.76. The highest BCUT2D eigenvalue weighted by Crippen LogP contribution is 2.31. The van der Waals surface area contributed by atoms with Crippen LogP contribution in [0.2, 0.25) is 0 Å². The zero-order valence-corrected chi connectivity index (χ0v) is 13.7. The second-order valence-electron chi connectivity index (χ2n) is 6.11. The van der Waals surface area contributed by atoms with E-state index in [-0.39, 0.29) is 11.9 Å². The monoisotopic (exact) mass is 338 g/mol. The lowest BCUT2D eigenvalue weighted by molar-refractivity contribution is -0.128. The van der Waals surface area contributed by atoms with E-state index in [1.807, 2.05) is 31.2 Å². The van der Waals surface area contributed by atoms with Gasteiger partial charge in [-0.2, -0.15) is 0 Å². The molecular formula is C16H23BrN2O. The van der Waals surface area contributed by atoms with E-state index < -0.39 is 5.54 Å². The summed E-state index contributed by atoms with van der Waals surface area (Å²) in [5.41, 5.74) is 6.71. The number of carbonyl (C=O) groups excluding carboxylic acids is 1. The summed E-state index contributed by atoms with van der Waals surface area (Å²) in [4.78, 5) is 12.5. The molecule has 0 spiro atoms. The summed E-state index contributed by atoms with van der Waals surface area (Å²) in [6.45, 7) is 4.17. The maximum absolute atomic E-state index is 12.5. The minimum atomic E-state index is -0.696. The van der Waals surface area contributed by atoms with Gasteiger partial charge in [0.15, 0.2) is 0 Å². The molecule has 3 unspecified atom stereocenters. The van der Waals surface area contributed by atoms with Gasteiger partial charge in [-0.15, -0.1) is 0 Å². The largest absolute Gasteiger partial charge is 0.348 e. The summed E-state index contributed by atoms with van der Waals surface area (Å²) in [6.07, 6.45) is 3.78. The van der Waals surface area contributed by atoms with E-state index in [4.69, 9.17) is 5.73 Å². The van der Waals surface area contributed by atoms with Crippen LogP contribution in [0.15, 0.2) is 28.7 Å². The van der Waals surface area contributed by atoms with E-state index in [2.05, 4.69) is 28.2 Å². The van der Waals surface area contributed by atoms with Gasteiger partial charge in [0, 0.05) is 4.47 Å². The average molecular weight is 339 g/mol. The maximum Gasteiger partial charge on any atom is 0.240 e. The highest BCUT2D eigenvalue weighted by Gasteiger charge is 2.38. The SMILES string of the molecule is CC1CCCC(N)(C(=O)NC(C)c2cccc(Br)c2)C1. The Bertz CT molecular complexity index is 491. The molecule has 1 aliphatic carbocycles. The number of benzene rings is 1. The predicted octanol–water partition coefficient (Wildman–Crippen LogP) is 3.53. The molecule has 0 radical (unpaired) electrons. The molecule has 1 amide bonds. The second kappa shape index (κ2) is 6.27. The highest BCUT2D eigenvalue weighted by molar-refractivity contribution is 9.10. The third kappa shape index (κ3) is 3.61. The van der Waals surface area contributed by atoms with Crippen LogP contribution < -0.4 is 11.1 Å². The lowest BCUT2D eigenvalue weighted by Crippen LogP contribution is -2.56. The Morgan fingerprint density at radius 2 is 2.30 bits per heavy atom. The number of rotatable bonds is 3. The third-order valence-corrected chi connectivity index (χ3v) is 4.67. The molecule has 3 N–H and O–H groups in total. The zero-order valence-electron chi connectivity index (χ0n) is 12.2. The molecule has 1 aliphatic rings. The summed E-state index contributed by atoms with van der Waals surface area (Å²) in [7, 11) is 0. The molecule has 1 aromatic carbocycles. The molecule has 3 atom stereocenters. The average Bonchev–Trinajstić information content (AvgIpc) is 2.38. The van der Waals surface area contributed by atoms with E-state index in [1.54, 1.807) is 0 Å².